The van der Waals surface area contributed by atoms with E-state index in [0.29, 0.717) is 0 Å². The summed E-state index contributed by atoms with van der Waals surface area (Å²) in [6.45, 7) is 0. The smallest absolute Gasteiger partial charge is 1.00 e. The summed E-state index contributed by atoms with van der Waals surface area (Å²) < 4.78 is 0. The van der Waals surface area contributed by atoms with E-state index < -0.39 is 7.32 Å². The first-order valence-corrected chi connectivity index (χ1v) is 0.775. The molecule has 0 fully saturated rings. The van der Waals surface area contributed by atoms with E-state index >= 15 is 0 Å². The summed E-state index contributed by atoms with van der Waals surface area (Å²) in [5, 5.41) is 21.5. The molecule has 3 N–H and O–H groups in total. The maximum Gasteiger partial charge on any atom is 1.00 e. The maximum atomic E-state index is 7.17. The van der Waals surface area contributed by atoms with E-state index in [1.165, 1.54) is 0 Å². The molecule has 0 bridgehead atoms. The van der Waals surface area contributed by atoms with E-state index in [1.54, 1.807) is 0 Å². The molecule has 6 heteroatoms. The third kappa shape index (κ3) is 45.0. The monoisotopic (exact) mass is 159 g/mol. The summed E-state index contributed by atoms with van der Waals surface area (Å²) >= 11 is 0. The molecular formula is H4BLiO3Y. The Labute approximate surface area is 74.9 Å². The van der Waals surface area contributed by atoms with Crippen LogP contribution in [-0.2, 0) is 32.7 Å². The van der Waals surface area contributed by atoms with Gasteiger partial charge in [-0.1, -0.05) is 0 Å². The summed E-state index contributed by atoms with van der Waals surface area (Å²) in [6, 6.07) is 0. The molecule has 6 heavy (non-hydrogen) atoms. The van der Waals surface area contributed by atoms with Gasteiger partial charge in [0.2, 0.25) is 0 Å². The average Bonchev–Trinajstić information content (AvgIpc) is 0.811. The molecule has 29 valence electrons. The molecule has 0 aliphatic carbocycles. The van der Waals surface area contributed by atoms with Gasteiger partial charge in [-0.3, -0.25) is 0 Å². The molecule has 0 saturated carbocycles. The van der Waals surface area contributed by atoms with Gasteiger partial charge in [-0.25, -0.2) is 0 Å². The first-order chi connectivity index (χ1) is 1.73. The molecule has 0 rings (SSSR count). The summed E-state index contributed by atoms with van der Waals surface area (Å²) in [4.78, 5) is 0. The molecule has 0 unspecified atom stereocenters. The van der Waals surface area contributed by atoms with Crippen molar-refractivity contribution in [2.45, 2.75) is 0 Å². The fourth-order valence-electron chi connectivity index (χ4n) is 0. The van der Waals surface area contributed by atoms with Crippen molar-refractivity contribution in [3.05, 3.63) is 0 Å². The molecule has 0 atom stereocenters. The molecular weight excluding hydrogens is 155 g/mol. The third-order valence-corrected chi connectivity index (χ3v) is 0. The van der Waals surface area contributed by atoms with Gasteiger partial charge in [-0.2, -0.15) is 0 Å². The summed E-state index contributed by atoms with van der Waals surface area (Å²) in [5.41, 5.74) is 0. The van der Waals surface area contributed by atoms with Crippen LogP contribution in [0.25, 0.3) is 0 Å². The Hall–Kier alpha value is 1.65. The Balaban J connectivity index is -0.0000000150. The number of hydrogen-bond donors (Lipinski definition) is 3. The van der Waals surface area contributed by atoms with Crippen LogP contribution in [0, 0.1) is 0 Å². The molecule has 0 aliphatic heterocycles. The molecule has 1 radical (unpaired) electrons. The van der Waals surface area contributed by atoms with Gasteiger partial charge in [-0.05, 0) is 0 Å². The Morgan fingerprint density at radius 2 is 1.17 bits per heavy atom. The van der Waals surface area contributed by atoms with Crippen LogP contribution in [0.5, 0.6) is 0 Å². The van der Waals surface area contributed by atoms with Gasteiger partial charge in [0.1, 0.15) is 0 Å². The molecule has 0 aromatic rings. The van der Waals surface area contributed by atoms with Crippen LogP contribution in [-0.4, -0.2) is 22.4 Å². The molecule has 0 saturated heterocycles. The van der Waals surface area contributed by atoms with E-state index in [4.69, 9.17) is 15.1 Å². The Bertz CT molecular complexity index is 19.7. The average molecular weight is 159 g/mol. The zero-order valence-electron chi connectivity index (χ0n) is 4.50. The van der Waals surface area contributed by atoms with Crippen LogP contribution < -0.4 is 18.9 Å². The van der Waals surface area contributed by atoms with Crippen molar-refractivity contribution in [1.82, 2.24) is 0 Å². The van der Waals surface area contributed by atoms with E-state index in [0.717, 1.165) is 0 Å². The molecule has 0 aromatic heterocycles. The van der Waals surface area contributed by atoms with Gasteiger partial charge in [0.05, 0.1) is 0 Å². The first kappa shape index (κ1) is 15.6. The quantitative estimate of drug-likeness (QED) is 0.310. The SMILES string of the molecule is OB(O)O.[H-].[Li+].[Y]. The van der Waals surface area contributed by atoms with E-state index in [1.807, 2.05) is 0 Å². The second-order valence-electron chi connectivity index (χ2n) is 0.346. The van der Waals surface area contributed by atoms with Crippen LogP contribution in [0.4, 0.5) is 0 Å². The zero-order chi connectivity index (χ0) is 3.58. The summed E-state index contributed by atoms with van der Waals surface area (Å²) in [7, 11) is -2.17. The zero-order valence-corrected chi connectivity index (χ0v) is 6.33. The van der Waals surface area contributed by atoms with Crippen LogP contribution in [0.2, 0.25) is 0 Å². The van der Waals surface area contributed by atoms with E-state index in [2.05, 4.69) is 0 Å². The fourth-order valence-corrected chi connectivity index (χ4v) is 0. The van der Waals surface area contributed by atoms with Gasteiger partial charge in [0, 0.05) is 32.7 Å². The van der Waals surface area contributed by atoms with Crippen LogP contribution >= 0.6 is 0 Å². The van der Waals surface area contributed by atoms with Crippen molar-refractivity contribution in [2.75, 3.05) is 0 Å². The number of rotatable bonds is 0. The second-order valence-corrected chi connectivity index (χ2v) is 0.346. The van der Waals surface area contributed by atoms with Crippen molar-refractivity contribution in [1.29, 1.82) is 0 Å². The van der Waals surface area contributed by atoms with Crippen molar-refractivity contribution in [3.8, 4) is 0 Å². The maximum absolute atomic E-state index is 7.17. The van der Waals surface area contributed by atoms with Crippen molar-refractivity contribution < 1.29 is 68.1 Å². The van der Waals surface area contributed by atoms with Gasteiger partial charge >= 0.3 is 26.2 Å². The van der Waals surface area contributed by atoms with Gasteiger partial charge < -0.3 is 16.5 Å². The predicted octanol–water partition coefficient (Wildman–Crippen LogP) is -4.94. The van der Waals surface area contributed by atoms with Crippen molar-refractivity contribution in [3.63, 3.8) is 0 Å². The second kappa shape index (κ2) is 9.82. The van der Waals surface area contributed by atoms with Crippen LogP contribution in [0.3, 0.4) is 0 Å². The number of hydrogen-bond acceptors (Lipinski definition) is 3. The Morgan fingerprint density at radius 3 is 1.17 bits per heavy atom. The minimum absolute atomic E-state index is 0. The third-order valence-electron chi connectivity index (χ3n) is 0. The predicted molar refractivity (Wildman–Crippen MR) is 13.5 cm³/mol. The fraction of sp³-hybridized carbons (Fsp3) is 0. The largest absolute Gasteiger partial charge is 1.00 e. The summed E-state index contributed by atoms with van der Waals surface area (Å²) in [5.74, 6) is 0. The normalized spacial score (nSPS) is 4.50. The van der Waals surface area contributed by atoms with E-state index in [-0.39, 0.29) is 53.0 Å². The molecule has 3 nitrogen and oxygen atoms in total. The first-order valence-electron chi connectivity index (χ1n) is 0.775. The molecule has 0 amide bonds. The minimum Gasteiger partial charge on any atom is -1.00 e. The van der Waals surface area contributed by atoms with Gasteiger partial charge in [0.15, 0.2) is 0 Å². The van der Waals surface area contributed by atoms with E-state index in [9.17, 15) is 0 Å². The van der Waals surface area contributed by atoms with Crippen LogP contribution in [0.15, 0.2) is 0 Å². The minimum atomic E-state index is -2.17. The molecule has 0 heterocycles. The van der Waals surface area contributed by atoms with Crippen molar-refractivity contribution >= 4 is 7.32 Å². The van der Waals surface area contributed by atoms with Crippen molar-refractivity contribution in [2.24, 2.45) is 0 Å². The molecule has 0 aliphatic rings. The molecule has 0 spiro atoms. The topological polar surface area (TPSA) is 60.7 Å². The molecule has 0 aromatic carbocycles. The van der Waals surface area contributed by atoms with Gasteiger partial charge in [0.25, 0.3) is 0 Å². The van der Waals surface area contributed by atoms with Gasteiger partial charge in [-0.15, -0.1) is 0 Å². The Kier molecular flexibility index (Phi) is 25.6. The Morgan fingerprint density at radius 1 is 1.17 bits per heavy atom. The standard InChI is InChI=1S/BH3O3.Li.Y.H/c2-1(3)4;;;/h2-4H;;;/q;+1;;-1. The van der Waals surface area contributed by atoms with Crippen LogP contribution in [0.1, 0.15) is 1.43 Å². The summed E-state index contributed by atoms with van der Waals surface area (Å²) in [6.07, 6.45) is 0.